The third kappa shape index (κ3) is 10.7. The quantitative estimate of drug-likeness (QED) is 0.236. The van der Waals surface area contributed by atoms with Crippen LogP contribution >= 0.6 is 23.2 Å². The van der Waals surface area contributed by atoms with Crippen LogP contribution in [0.1, 0.15) is 65.2 Å². The highest BCUT2D eigenvalue weighted by Crippen LogP contribution is 2.27. The first kappa shape index (κ1) is 22.8. The van der Waals surface area contributed by atoms with Crippen LogP contribution in [0.3, 0.4) is 0 Å². The van der Waals surface area contributed by atoms with E-state index in [1.54, 1.807) is 18.2 Å². The van der Waals surface area contributed by atoms with Crippen molar-refractivity contribution in [1.29, 1.82) is 0 Å². The zero-order valence-electron chi connectivity index (χ0n) is 15.6. The van der Waals surface area contributed by atoms with Crippen LogP contribution in [-0.4, -0.2) is 18.5 Å². The number of unbranched alkanes of at least 4 members (excludes halogenated alkanes) is 5. The van der Waals surface area contributed by atoms with Gasteiger partial charge in [-0.2, -0.15) is 0 Å². The fourth-order valence-electron chi connectivity index (χ4n) is 2.31. The number of halogens is 2. The lowest BCUT2D eigenvalue weighted by Gasteiger charge is -2.07. The molecule has 146 valence electrons. The lowest BCUT2D eigenvalue weighted by Crippen LogP contribution is -2.09. The molecule has 0 bridgehead atoms. The maximum atomic E-state index is 11.8. The summed E-state index contributed by atoms with van der Waals surface area (Å²) >= 11 is 11.8. The second kappa shape index (κ2) is 13.0. The zero-order valence-corrected chi connectivity index (χ0v) is 17.1. The van der Waals surface area contributed by atoms with E-state index in [9.17, 15) is 9.59 Å². The molecule has 0 unspecified atom stereocenters. The Labute approximate surface area is 166 Å². The smallest absolute Gasteiger partial charge is 0.311 e. The maximum Gasteiger partial charge on any atom is 0.311 e. The maximum absolute atomic E-state index is 11.8. The molecule has 0 heterocycles. The molecule has 1 rings (SSSR count). The molecule has 0 aliphatic carbocycles. The first-order valence-corrected chi connectivity index (χ1v) is 9.95. The molecule has 4 nitrogen and oxygen atoms in total. The molecule has 26 heavy (non-hydrogen) atoms. The number of hydrogen-bond acceptors (Lipinski definition) is 4. The van der Waals surface area contributed by atoms with E-state index in [1.807, 2.05) is 13.8 Å². The van der Waals surface area contributed by atoms with Crippen LogP contribution in [0.5, 0.6) is 5.75 Å². The number of carbonyl (C=O) groups is 2. The minimum Gasteiger partial charge on any atom is -0.465 e. The molecule has 0 saturated carbocycles. The first-order chi connectivity index (χ1) is 12.4. The Kier molecular flexibility index (Phi) is 11.4. The molecule has 0 amide bonds. The average molecular weight is 403 g/mol. The summed E-state index contributed by atoms with van der Waals surface area (Å²) in [5.74, 6) is 0.316. The Morgan fingerprint density at radius 1 is 0.923 bits per heavy atom. The van der Waals surface area contributed by atoms with Gasteiger partial charge in [-0.15, -0.1) is 0 Å². The topological polar surface area (TPSA) is 52.6 Å². The van der Waals surface area contributed by atoms with Crippen molar-refractivity contribution in [2.24, 2.45) is 5.92 Å². The number of rotatable bonds is 12. The summed E-state index contributed by atoms with van der Waals surface area (Å²) in [6.45, 7) is 4.54. The summed E-state index contributed by atoms with van der Waals surface area (Å²) in [6.07, 6.45) is 6.53. The molecule has 0 spiro atoms. The van der Waals surface area contributed by atoms with Crippen molar-refractivity contribution >= 4 is 35.1 Å². The van der Waals surface area contributed by atoms with Crippen molar-refractivity contribution < 1.29 is 19.1 Å². The number of esters is 2. The summed E-state index contributed by atoms with van der Waals surface area (Å²) in [5, 5.41) is 0.834. The summed E-state index contributed by atoms with van der Waals surface area (Å²) in [5.41, 5.74) is 0. The minimum atomic E-state index is -0.290. The second-order valence-corrected chi connectivity index (χ2v) is 7.59. The number of benzene rings is 1. The van der Waals surface area contributed by atoms with Crippen LogP contribution in [0.2, 0.25) is 10.0 Å². The van der Waals surface area contributed by atoms with Gasteiger partial charge in [-0.25, -0.2) is 0 Å². The summed E-state index contributed by atoms with van der Waals surface area (Å²) in [7, 11) is 0. The molecule has 6 heteroatoms. The van der Waals surface area contributed by atoms with Gasteiger partial charge in [0.15, 0.2) is 0 Å². The van der Waals surface area contributed by atoms with Crippen molar-refractivity contribution in [1.82, 2.24) is 0 Å². The highest BCUT2D eigenvalue weighted by molar-refractivity contribution is 6.35. The second-order valence-electron chi connectivity index (χ2n) is 6.75. The van der Waals surface area contributed by atoms with Crippen LogP contribution < -0.4 is 4.74 Å². The molecule has 0 aliphatic rings. The Morgan fingerprint density at radius 3 is 2.08 bits per heavy atom. The Hall–Kier alpha value is -1.26. The van der Waals surface area contributed by atoms with E-state index in [0.29, 0.717) is 41.2 Å². The van der Waals surface area contributed by atoms with Crippen LogP contribution in [0.25, 0.3) is 0 Å². The molecule has 0 aliphatic heterocycles. The van der Waals surface area contributed by atoms with Gasteiger partial charge in [0, 0.05) is 17.9 Å². The number of hydrogen-bond donors (Lipinski definition) is 0. The summed E-state index contributed by atoms with van der Waals surface area (Å²) in [6, 6.07) is 4.77. The molecule has 0 fully saturated rings. The van der Waals surface area contributed by atoms with Crippen LogP contribution in [-0.2, 0) is 14.3 Å². The molecule has 0 atom stereocenters. The van der Waals surface area contributed by atoms with Gasteiger partial charge >= 0.3 is 11.9 Å². The predicted molar refractivity (Wildman–Crippen MR) is 105 cm³/mol. The van der Waals surface area contributed by atoms with Crippen molar-refractivity contribution in [3.05, 3.63) is 28.2 Å². The Morgan fingerprint density at radius 2 is 1.50 bits per heavy atom. The Balaban J connectivity index is 2.01. The van der Waals surface area contributed by atoms with E-state index in [0.717, 1.165) is 38.5 Å². The van der Waals surface area contributed by atoms with Crippen molar-refractivity contribution in [2.75, 3.05) is 6.61 Å². The molecule has 1 aromatic rings. The van der Waals surface area contributed by atoms with E-state index in [1.165, 1.54) is 0 Å². The molecule has 1 aromatic carbocycles. The zero-order chi connectivity index (χ0) is 19.4. The number of carbonyl (C=O) groups excluding carboxylic acids is 2. The van der Waals surface area contributed by atoms with Gasteiger partial charge in [0.05, 0.1) is 11.6 Å². The molecular formula is C20H28Cl2O4. The van der Waals surface area contributed by atoms with E-state index >= 15 is 0 Å². The van der Waals surface area contributed by atoms with E-state index in [-0.39, 0.29) is 11.9 Å². The normalized spacial score (nSPS) is 10.8. The summed E-state index contributed by atoms with van der Waals surface area (Å²) < 4.78 is 10.4. The molecule has 0 aromatic heterocycles. The molecule has 0 saturated heterocycles. The molecular weight excluding hydrogens is 375 g/mol. The Bertz CT molecular complexity index is 573. The average Bonchev–Trinajstić information content (AvgIpc) is 2.58. The largest absolute Gasteiger partial charge is 0.465 e. The monoisotopic (exact) mass is 402 g/mol. The van der Waals surface area contributed by atoms with Gasteiger partial charge in [0.25, 0.3) is 0 Å². The highest BCUT2D eigenvalue weighted by atomic mass is 35.5. The standard InChI is InChI=1S/C20H28Cl2O4/c1-15(2)14-25-19(23)9-7-5-3-4-6-8-10-20(24)26-18-12-11-16(21)13-17(18)22/h11-13,15H,3-10,14H2,1-2H3. The van der Waals surface area contributed by atoms with Gasteiger partial charge in [-0.3, -0.25) is 9.59 Å². The highest BCUT2D eigenvalue weighted by Gasteiger charge is 2.09. The van der Waals surface area contributed by atoms with Crippen molar-refractivity contribution in [3.63, 3.8) is 0 Å². The fraction of sp³-hybridized carbons (Fsp3) is 0.600. The SMILES string of the molecule is CC(C)COC(=O)CCCCCCCCC(=O)Oc1ccc(Cl)cc1Cl. The number of ether oxygens (including phenoxy) is 2. The van der Waals surface area contributed by atoms with Crippen molar-refractivity contribution in [3.8, 4) is 5.75 Å². The molecule has 0 radical (unpaired) electrons. The lowest BCUT2D eigenvalue weighted by atomic mass is 10.1. The predicted octanol–water partition coefficient (Wildman–Crippen LogP) is 6.22. The van der Waals surface area contributed by atoms with Gasteiger partial charge in [0.1, 0.15) is 5.75 Å². The molecule has 0 N–H and O–H groups in total. The first-order valence-electron chi connectivity index (χ1n) is 9.20. The van der Waals surface area contributed by atoms with Gasteiger partial charge in [-0.1, -0.05) is 62.7 Å². The lowest BCUT2D eigenvalue weighted by molar-refractivity contribution is -0.144. The van der Waals surface area contributed by atoms with Crippen LogP contribution in [0.4, 0.5) is 0 Å². The van der Waals surface area contributed by atoms with Crippen LogP contribution in [0, 0.1) is 5.92 Å². The van der Waals surface area contributed by atoms with Gasteiger partial charge < -0.3 is 9.47 Å². The van der Waals surface area contributed by atoms with Gasteiger partial charge in [-0.05, 0) is 37.0 Å². The van der Waals surface area contributed by atoms with E-state index in [4.69, 9.17) is 32.7 Å². The van der Waals surface area contributed by atoms with Crippen molar-refractivity contribution in [2.45, 2.75) is 65.2 Å². The third-order valence-corrected chi connectivity index (χ3v) is 4.24. The summed E-state index contributed by atoms with van der Waals surface area (Å²) in [4.78, 5) is 23.3. The minimum absolute atomic E-state index is 0.109. The fourth-order valence-corrected chi connectivity index (χ4v) is 2.76. The van der Waals surface area contributed by atoms with Crippen LogP contribution in [0.15, 0.2) is 18.2 Å². The van der Waals surface area contributed by atoms with E-state index < -0.39 is 0 Å². The van der Waals surface area contributed by atoms with E-state index in [2.05, 4.69) is 0 Å². The van der Waals surface area contributed by atoms with Gasteiger partial charge in [0.2, 0.25) is 0 Å². The third-order valence-electron chi connectivity index (χ3n) is 3.71.